The molecule has 0 bridgehead atoms. The molecule has 0 radical (unpaired) electrons. The van der Waals surface area contributed by atoms with E-state index in [-0.39, 0.29) is 11.9 Å². The Hall–Kier alpha value is -1.39. The maximum atomic E-state index is 12.9. The lowest BCUT2D eigenvalue weighted by atomic mass is 10.1. The molecule has 0 spiro atoms. The molecule has 0 fully saturated rings. The molecule has 0 aliphatic rings. The van der Waals surface area contributed by atoms with Gasteiger partial charge in [-0.25, -0.2) is 4.39 Å². The van der Waals surface area contributed by atoms with Crippen LogP contribution in [0.2, 0.25) is 0 Å². The third-order valence-corrected chi connectivity index (χ3v) is 4.00. The summed E-state index contributed by atoms with van der Waals surface area (Å²) in [7, 11) is 1.65. The number of rotatable bonds is 5. The largest absolute Gasteiger partial charge is 0.497 e. The smallest absolute Gasteiger partial charge is 0.123 e. The Labute approximate surface area is 127 Å². The number of hydrogen-bond acceptors (Lipinski definition) is 2. The van der Waals surface area contributed by atoms with Gasteiger partial charge in [-0.05, 0) is 48.4 Å². The van der Waals surface area contributed by atoms with E-state index in [1.54, 1.807) is 19.2 Å². The topological polar surface area (TPSA) is 21.3 Å². The molecule has 1 atom stereocenters. The lowest BCUT2D eigenvalue weighted by molar-refractivity contribution is 0.413. The van der Waals surface area contributed by atoms with Gasteiger partial charge in [-0.2, -0.15) is 0 Å². The van der Waals surface area contributed by atoms with E-state index in [9.17, 15) is 4.39 Å². The van der Waals surface area contributed by atoms with Gasteiger partial charge in [-0.1, -0.05) is 28.1 Å². The first kappa shape index (κ1) is 15.0. The van der Waals surface area contributed by atoms with Crippen molar-refractivity contribution in [2.24, 2.45) is 0 Å². The SMILES string of the molecule is COc1ccc(Br)c(CN[C@@H](C)c2ccc(F)cc2)c1. The van der Waals surface area contributed by atoms with E-state index in [0.717, 1.165) is 21.3 Å². The third kappa shape index (κ3) is 3.81. The van der Waals surface area contributed by atoms with Crippen LogP contribution in [-0.4, -0.2) is 7.11 Å². The van der Waals surface area contributed by atoms with Crippen LogP contribution in [0.1, 0.15) is 24.1 Å². The van der Waals surface area contributed by atoms with Gasteiger partial charge in [0.05, 0.1) is 7.11 Å². The van der Waals surface area contributed by atoms with Crippen LogP contribution >= 0.6 is 15.9 Å². The molecule has 0 saturated carbocycles. The van der Waals surface area contributed by atoms with Crippen molar-refractivity contribution < 1.29 is 9.13 Å². The Morgan fingerprint density at radius 2 is 1.90 bits per heavy atom. The zero-order valence-electron chi connectivity index (χ0n) is 11.5. The van der Waals surface area contributed by atoms with Crippen molar-refractivity contribution in [1.29, 1.82) is 0 Å². The van der Waals surface area contributed by atoms with Crippen LogP contribution in [-0.2, 0) is 6.54 Å². The second-order valence-corrected chi connectivity index (χ2v) is 5.47. The van der Waals surface area contributed by atoms with Crippen molar-refractivity contribution in [3.63, 3.8) is 0 Å². The molecule has 4 heteroatoms. The molecule has 2 rings (SSSR count). The highest BCUT2D eigenvalue weighted by atomic mass is 79.9. The van der Waals surface area contributed by atoms with Crippen LogP contribution in [0.25, 0.3) is 0 Å². The average Bonchev–Trinajstić information content (AvgIpc) is 2.47. The molecule has 0 saturated heterocycles. The van der Waals surface area contributed by atoms with Crippen LogP contribution in [0, 0.1) is 5.82 Å². The van der Waals surface area contributed by atoms with Crippen LogP contribution in [0.4, 0.5) is 4.39 Å². The fraction of sp³-hybridized carbons (Fsp3) is 0.250. The minimum atomic E-state index is -0.212. The van der Waals surface area contributed by atoms with Gasteiger partial charge >= 0.3 is 0 Å². The van der Waals surface area contributed by atoms with Crippen molar-refractivity contribution >= 4 is 15.9 Å². The Kier molecular flexibility index (Phi) is 5.15. The number of halogens is 2. The van der Waals surface area contributed by atoms with E-state index >= 15 is 0 Å². The van der Waals surface area contributed by atoms with Gasteiger partial charge < -0.3 is 10.1 Å². The Morgan fingerprint density at radius 3 is 2.55 bits per heavy atom. The van der Waals surface area contributed by atoms with Gasteiger partial charge in [0.25, 0.3) is 0 Å². The van der Waals surface area contributed by atoms with E-state index in [0.29, 0.717) is 6.54 Å². The summed E-state index contributed by atoms with van der Waals surface area (Å²) in [5.74, 6) is 0.621. The monoisotopic (exact) mass is 337 g/mol. The highest BCUT2D eigenvalue weighted by molar-refractivity contribution is 9.10. The molecule has 1 N–H and O–H groups in total. The summed E-state index contributed by atoms with van der Waals surface area (Å²) in [6, 6.07) is 12.6. The molecule has 0 aliphatic carbocycles. The average molecular weight is 338 g/mol. The van der Waals surface area contributed by atoms with E-state index in [2.05, 4.69) is 28.2 Å². The van der Waals surface area contributed by atoms with Crippen LogP contribution in [0.15, 0.2) is 46.9 Å². The molecule has 0 unspecified atom stereocenters. The molecular formula is C16H17BrFNO. The first-order valence-corrected chi connectivity index (χ1v) is 7.20. The first-order valence-electron chi connectivity index (χ1n) is 6.41. The first-order chi connectivity index (χ1) is 9.60. The highest BCUT2D eigenvalue weighted by Gasteiger charge is 2.07. The van der Waals surface area contributed by atoms with Crippen molar-refractivity contribution in [1.82, 2.24) is 5.32 Å². The van der Waals surface area contributed by atoms with Gasteiger partial charge in [0.2, 0.25) is 0 Å². The fourth-order valence-electron chi connectivity index (χ4n) is 1.95. The summed E-state index contributed by atoms with van der Waals surface area (Å²) in [5, 5.41) is 3.42. The second-order valence-electron chi connectivity index (χ2n) is 4.61. The standard InChI is InChI=1S/C16H17BrFNO/c1-11(12-3-5-14(18)6-4-12)19-10-13-9-15(20-2)7-8-16(13)17/h3-9,11,19H,10H2,1-2H3/t11-/m0/s1. The quantitative estimate of drug-likeness (QED) is 0.870. The molecule has 2 aromatic carbocycles. The molecule has 0 heterocycles. The number of nitrogens with one attached hydrogen (secondary N) is 1. The van der Waals surface area contributed by atoms with Crippen molar-refractivity contribution in [2.45, 2.75) is 19.5 Å². The maximum absolute atomic E-state index is 12.9. The summed E-state index contributed by atoms with van der Waals surface area (Å²) in [6.07, 6.45) is 0. The lowest BCUT2D eigenvalue weighted by Crippen LogP contribution is -2.18. The van der Waals surface area contributed by atoms with Crippen molar-refractivity contribution in [3.05, 3.63) is 63.9 Å². The van der Waals surface area contributed by atoms with Crippen molar-refractivity contribution in [2.75, 3.05) is 7.11 Å². The van der Waals surface area contributed by atoms with Gasteiger partial charge in [0.15, 0.2) is 0 Å². The molecule has 2 aromatic rings. The summed E-state index contributed by atoms with van der Waals surface area (Å²) in [6.45, 7) is 2.76. The number of methoxy groups -OCH3 is 1. The lowest BCUT2D eigenvalue weighted by Gasteiger charge is -2.15. The van der Waals surface area contributed by atoms with Crippen LogP contribution in [0.3, 0.4) is 0 Å². The molecule has 0 aromatic heterocycles. The minimum Gasteiger partial charge on any atom is -0.497 e. The molecule has 20 heavy (non-hydrogen) atoms. The van der Waals surface area contributed by atoms with Gasteiger partial charge in [0, 0.05) is 17.1 Å². The Bertz CT molecular complexity index is 571. The minimum absolute atomic E-state index is 0.147. The predicted molar refractivity (Wildman–Crippen MR) is 82.3 cm³/mol. The summed E-state index contributed by atoms with van der Waals surface area (Å²) in [5.41, 5.74) is 2.18. The number of benzene rings is 2. The Balaban J connectivity index is 2.02. The summed E-state index contributed by atoms with van der Waals surface area (Å²) >= 11 is 3.53. The third-order valence-electron chi connectivity index (χ3n) is 3.22. The Morgan fingerprint density at radius 1 is 1.20 bits per heavy atom. The zero-order chi connectivity index (χ0) is 14.5. The number of ether oxygens (including phenoxy) is 1. The van der Waals surface area contributed by atoms with E-state index in [4.69, 9.17) is 4.74 Å². The highest BCUT2D eigenvalue weighted by Crippen LogP contribution is 2.23. The predicted octanol–water partition coefficient (Wildman–Crippen LogP) is 4.45. The summed E-state index contributed by atoms with van der Waals surface area (Å²) < 4.78 is 19.2. The maximum Gasteiger partial charge on any atom is 0.123 e. The van der Waals surface area contributed by atoms with E-state index in [1.807, 2.05) is 18.2 Å². The normalized spacial score (nSPS) is 12.2. The fourth-order valence-corrected chi connectivity index (χ4v) is 2.33. The molecule has 0 aliphatic heterocycles. The van der Waals surface area contributed by atoms with Crippen LogP contribution in [0.5, 0.6) is 5.75 Å². The van der Waals surface area contributed by atoms with Gasteiger partial charge in [0.1, 0.15) is 11.6 Å². The molecular weight excluding hydrogens is 321 g/mol. The number of hydrogen-bond donors (Lipinski definition) is 1. The molecule has 0 amide bonds. The van der Waals surface area contributed by atoms with E-state index in [1.165, 1.54) is 12.1 Å². The van der Waals surface area contributed by atoms with E-state index < -0.39 is 0 Å². The second kappa shape index (κ2) is 6.86. The molecule has 2 nitrogen and oxygen atoms in total. The van der Waals surface area contributed by atoms with Gasteiger partial charge in [-0.3, -0.25) is 0 Å². The molecule has 106 valence electrons. The summed E-state index contributed by atoms with van der Waals surface area (Å²) in [4.78, 5) is 0. The zero-order valence-corrected chi connectivity index (χ0v) is 13.1. The van der Waals surface area contributed by atoms with Gasteiger partial charge in [-0.15, -0.1) is 0 Å². The van der Waals surface area contributed by atoms with Crippen molar-refractivity contribution in [3.8, 4) is 5.75 Å². The van der Waals surface area contributed by atoms with Crippen LogP contribution < -0.4 is 10.1 Å².